The fourth-order valence-corrected chi connectivity index (χ4v) is 3.34. The molecule has 2 aromatic heterocycles. The lowest BCUT2D eigenvalue weighted by molar-refractivity contribution is 0.102. The maximum atomic E-state index is 12.8. The smallest absolute Gasteiger partial charge is 0.256 e. The highest BCUT2D eigenvalue weighted by atomic mass is 16.5. The van der Waals surface area contributed by atoms with Gasteiger partial charge in [0.05, 0.1) is 18.0 Å². The summed E-state index contributed by atoms with van der Waals surface area (Å²) in [5.74, 6) is 1.03. The summed E-state index contributed by atoms with van der Waals surface area (Å²) in [5.41, 5.74) is 3.44. The lowest BCUT2D eigenvalue weighted by Gasteiger charge is -2.04. The van der Waals surface area contributed by atoms with E-state index >= 15 is 0 Å². The van der Waals surface area contributed by atoms with Gasteiger partial charge in [0.1, 0.15) is 5.75 Å². The van der Waals surface area contributed by atoms with Crippen LogP contribution < -0.4 is 10.1 Å². The summed E-state index contributed by atoms with van der Waals surface area (Å²) in [5, 5.41) is 9.50. The molecular formula is C23H24N4O2. The molecule has 29 heavy (non-hydrogen) atoms. The van der Waals surface area contributed by atoms with Crippen LogP contribution in [0.4, 0.5) is 5.82 Å². The van der Waals surface area contributed by atoms with Crippen molar-refractivity contribution in [1.82, 2.24) is 14.8 Å². The number of rotatable bonds is 6. The van der Waals surface area contributed by atoms with E-state index in [1.165, 1.54) is 0 Å². The summed E-state index contributed by atoms with van der Waals surface area (Å²) in [6, 6.07) is 15.2. The van der Waals surface area contributed by atoms with Crippen LogP contribution in [0, 0.1) is 6.92 Å². The SMILES string of the molecule is CCCCn1nc(NC(=O)c2ccc(OC)cc2)c2cc3ccc(C)cc3nc21. The number of benzene rings is 2. The first-order chi connectivity index (χ1) is 14.1. The van der Waals surface area contributed by atoms with Crippen LogP contribution in [0.15, 0.2) is 48.5 Å². The van der Waals surface area contributed by atoms with Crippen molar-refractivity contribution in [1.29, 1.82) is 0 Å². The molecule has 4 rings (SSSR count). The molecule has 0 saturated heterocycles. The lowest BCUT2D eigenvalue weighted by atomic mass is 10.1. The zero-order valence-electron chi connectivity index (χ0n) is 16.9. The van der Waals surface area contributed by atoms with Crippen molar-refractivity contribution in [3.8, 4) is 5.75 Å². The number of ether oxygens (including phenoxy) is 1. The Bertz CT molecular complexity index is 1180. The van der Waals surface area contributed by atoms with Gasteiger partial charge in [0.25, 0.3) is 5.91 Å². The number of methoxy groups -OCH3 is 1. The van der Waals surface area contributed by atoms with E-state index in [9.17, 15) is 4.79 Å². The van der Waals surface area contributed by atoms with Crippen LogP contribution in [0.1, 0.15) is 35.7 Å². The van der Waals surface area contributed by atoms with Crippen molar-refractivity contribution >= 4 is 33.7 Å². The number of aromatic nitrogens is 3. The zero-order chi connectivity index (χ0) is 20.4. The van der Waals surface area contributed by atoms with Crippen LogP contribution in [0.25, 0.3) is 21.9 Å². The summed E-state index contributed by atoms with van der Waals surface area (Å²) in [6.45, 7) is 4.96. The molecule has 1 amide bonds. The van der Waals surface area contributed by atoms with Gasteiger partial charge >= 0.3 is 0 Å². The van der Waals surface area contributed by atoms with Gasteiger partial charge in [-0.15, -0.1) is 0 Å². The van der Waals surface area contributed by atoms with Gasteiger partial charge in [-0.2, -0.15) is 5.10 Å². The Morgan fingerprint density at radius 1 is 1.14 bits per heavy atom. The second-order valence-electron chi connectivity index (χ2n) is 7.16. The molecule has 4 aromatic rings. The van der Waals surface area contributed by atoms with E-state index in [1.807, 2.05) is 4.68 Å². The Balaban J connectivity index is 1.75. The van der Waals surface area contributed by atoms with Crippen molar-refractivity contribution in [3.63, 3.8) is 0 Å². The molecule has 0 saturated carbocycles. The van der Waals surface area contributed by atoms with E-state index in [1.54, 1.807) is 31.4 Å². The molecule has 0 radical (unpaired) electrons. The Kier molecular flexibility index (Phi) is 5.16. The molecule has 0 bridgehead atoms. The molecule has 0 unspecified atom stereocenters. The van der Waals surface area contributed by atoms with E-state index in [-0.39, 0.29) is 5.91 Å². The fraction of sp³-hybridized carbons (Fsp3) is 0.261. The summed E-state index contributed by atoms with van der Waals surface area (Å²) < 4.78 is 7.05. The number of hydrogen-bond acceptors (Lipinski definition) is 4. The molecule has 148 valence electrons. The van der Waals surface area contributed by atoms with Crippen molar-refractivity contribution in [2.45, 2.75) is 33.2 Å². The minimum Gasteiger partial charge on any atom is -0.497 e. The van der Waals surface area contributed by atoms with E-state index < -0.39 is 0 Å². The van der Waals surface area contributed by atoms with Crippen LogP contribution in [-0.4, -0.2) is 27.8 Å². The lowest BCUT2D eigenvalue weighted by Crippen LogP contribution is -2.13. The van der Waals surface area contributed by atoms with E-state index in [0.717, 1.165) is 46.9 Å². The maximum absolute atomic E-state index is 12.8. The third-order valence-electron chi connectivity index (χ3n) is 4.98. The molecule has 0 spiro atoms. The molecule has 0 aliphatic heterocycles. The first-order valence-corrected chi connectivity index (χ1v) is 9.82. The summed E-state index contributed by atoms with van der Waals surface area (Å²) >= 11 is 0. The van der Waals surface area contributed by atoms with E-state index in [2.05, 4.69) is 48.5 Å². The highest BCUT2D eigenvalue weighted by molar-refractivity contribution is 6.08. The van der Waals surface area contributed by atoms with E-state index in [4.69, 9.17) is 9.72 Å². The van der Waals surface area contributed by atoms with Gasteiger partial charge in [-0.3, -0.25) is 4.79 Å². The Labute approximate surface area is 169 Å². The number of amides is 1. The maximum Gasteiger partial charge on any atom is 0.256 e. The van der Waals surface area contributed by atoms with Crippen LogP contribution >= 0.6 is 0 Å². The second-order valence-corrected chi connectivity index (χ2v) is 7.16. The number of aryl methyl sites for hydroxylation is 2. The molecule has 0 aliphatic carbocycles. The second kappa shape index (κ2) is 7.91. The number of carbonyl (C=O) groups is 1. The Hall–Kier alpha value is -3.41. The summed E-state index contributed by atoms with van der Waals surface area (Å²) in [7, 11) is 1.60. The molecule has 0 aliphatic rings. The van der Waals surface area contributed by atoms with Crippen molar-refractivity contribution in [2.75, 3.05) is 12.4 Å². The normalized spacial score (nSPS) is 11.1. The molecule has 2 heterocycles. The van der Waals surface area contributed by atoms with Gasteiger partial charge in [0, 0.05) is 17.5 Å². The number of hydrogen-bond donors (Lipinski definition) is 1. The fourth-order valence-electron chi connectivity index (χ4n) is 3.34. The monoisotopic (exact) mass is 388 g/mol. The Morgan fingerprint density at radius 3 is 2.66 bits per heavy atom. The van der Waals surface area contributed by atoms with Crippen molar-refractivity contribution < 1.29 is 9.53 Å². The number of anilines is 1. The topological polar surface area (TPSA) is 69.0 Å². The zero-order valence-corrected chi connectivity index (χ0v) is 16.9. The minimum atomic E-state index is -0.210. The third-order valence-corrected chi connectivity index (χ3v) is 4.98. The molecule has 2 aromatic carbocycles. The highest BCUT2D eigenvalue weighted by Crippen LogP contribution is 2.27. The molecule has 0 atom stereocenters. The number of nitrogens with zero attached hydrogens (tertiary/aromatic N) is 3. The van der Waals surface area contributed by atoms with Gasteiger partial charge in [0.2, 0.25) is 0 Å². The molecule has 0 fully saturated rings. The predicted octanol–water partition coefficient (Wildman–Crippen LogP) is 4.95. The van der Waals surface area contributed by atoms with Gasteiger partial charge in [-0.05, 0) is 55.3 Å². The number of unbranched alkanes of at least 4 members (excludes halogenated alkanes) is 1. The van der Waals surface area contributed by atoms with Gasteiger partial charge in [-0.1, -0.05) is 25.5 Å². The van der Waals surface area contributed by atoms with Crippen molar-refractivity contribution in [3.05, 3.63) is 59.7 Å². The number of pyridine rings is 1. The summed E-state index contributed by atoms with van der Waals surface area (Å²) in [4.78, 5) is 17.6. The molecule has 1 N–H and O–H groups in total. The Morgan fingerprint density at radius 2 is 1.93 bits per heavy atom. The largest absolute Gasteiger partial charge is 0.497 e. The molecular weight excluding hydrogens is 364 g/mol. The first kappa shape index (κ1) is 18.9. The quantitative estimate of drug-likeness (QED) is 0.507. The van der Waals surface area contributed by atoms with Gasteiger partial charge in [-0.25, -0.2) is 9.67 Å². The number of nitrogens with one attached hydrogen (secondary N) is 1. The third kappa shape index (κ3) is 3.78. The van der Waals surface area contributed by atoms with Crippen LogP contribution in [0.2, 0.25) is 0 Å². The average Bonchev–Trinajstić information content (AvgIpc) is 3.06. The van der Waals surface area contributed by atoms with Crippen LogP contribution in [-0.2, 0) is 6.54 Å². The van der Waals surface area contributed by atoms with Crippen LogP contribution in [0.3, 0.4) is 0 Å². The molecule has 6 nitrogen and oxygen atoms in total. The standard InChI is InChI=1S/C23H24N4O2/c1-4-5-12-27-22-19(14-17-7-6-15(2)13-20(17)24-22)21(26-27)25-23(28)16-8-10-18(29-3)11-9-16/h6-11,13-14H,4-5,12H2,1-3H3,(H,25,26,28). The van der Waals surface area contributed by atoms with Crippen LogP contribution in [0.5, 0.6) is 5.75 Å². The minimum absolute atomic E-state index is 0.210. The average molecular weight is 388 g/mol. The first-order valence-electron chi connectivity index (χ1n) is 9.82. The number of fused-ring (bicyclic) bond motifs is 2. The number of carbonyl (C=O) groups excluding carboxylic acids is 1. The predicted molar refractivity (Wildman–Crippen MR) is 116 cm³/mol. The van der Waals surface area contributed by atoms with Gasteiger partial charge in [0.15, 0.2) is 11.5 Å². The molecule has 6 heteroatoms. The highest BCUT2D eigenvalue weighted by Gasteiger charge is 2.16. The van der Waals surface area contributed by atoms with E-state index in [0.29, 0.717) is 17.1 Å². The van der Waals surface area contributed by atoms with Gasteiger partial charge < -0.3 is 10.1 Å². The van der Waals surface area contributed by atoms with Crippen molar-refractivity contribution in [2.24, 2.45) is 0 Å². The summed E-state index contributed by atoms with van der Waals surface area (Å²) in [6.07, 6.45) is 2.05.